The lowest BCUT2D eigenvalue weighted by atomic mass is 9.89. The Labute approximate surface area is 187 Å². The number of rotatable bonds is 5. The lowest BCUT2D eigenvalue weighted by molar-refractivity contribution is -0.136. The molecule has 0 radical (unpaired) electrons. The van der Waals surface area contributed by atoms with Crippen molar-refractivity contribution in [2.75, 3.05) is 0 Å². The van der Waals surface area contributed by atoms with Crippen LogP contribution >= 0.6 is 0 Å². The van der Waals surface area contributed by atoms with Gasteiger partial charge in [-0.2, -0.15) is 0 Å². The number of ether oxygens (including phenoxy) is 1. The summed E-state index contributed by atoms with van der Waals surface area (Å²) in [5.41, 5.74) is 2.82. The standard InChI is InChI=1S/C26H27N3O3/c1-26(2)13-22(28(25(26)31)14-18-9-5-3-6-10-18)23-27-21-17-32-16-20(21)24(30)29(23)15-19-11-7-4-8-12-19/h3-12,22H,13-17H2,1-2H3. The normalized spacial score (nSPS) is 19.4. The van der Waals surface area contributed by atoms with Crippen LogP contribution in [0.1, 0.15) is 54.5 Å². The van der Waals surface area contributed by atoms with E-state index in [0.29, 0.717) is 49.8 Å². The monoisotopic (exact) mass is 429 g/mol. The fourth-order valence-electron chi connectivity index (χ4n) is 4.75. The summed E-state index contributed by atoms with van der Waals surface area (Å²) in [7, 11) is 0. The summed E-state index contributed by atoms with van der Waals surface area (Å²) in [6, 6.07) is 19.6. The smallest absolute Gasteiger partial charge is 0.259 e. The molecule has 1 aromatic heterocycles. The summed E-state index contributed by atoms with van der Waals surface area (Å²) in [5, 5.41) is 0. The van der Waals surface area contributed by atoms with Gasteiger partial charge in [-0.15, -0.1) is 0 Å². The number of fused-ring (bicyclic) bond motifs is 1. The summed E-state index contributed by atoms with van der Waals surface area (Å²) in [5.74, 6) is 0.738. The molecular formula is C26H27N3O3. The molecule has 6 nitrogen and oxygen atoms in total. The minimum Gasteiger partial charge on any atom is -0.370 e. The summed E-state index contributed by atoms with van der Waals surface area (Å²) >= 11 is 0. The van der Waals surface area contributed by atoms with Gasteiger partial charge in [-0.1, -0.05) is 74.5 Å². The van der Waals surface area contributed by atoms with Gasteiger partial charge in [0.25, 0.3) is 5.56 Å². The van der Waals surface area contributed by atoms with Crippen LogP contribution in [0, 0.1) is 5.41 Å². The van der Waals surface area contributed by atoms with E-state index in [1.54, 1.807) is 4.57 Å². The number of amides is 1. The molecule has 2 aromatic carbocycles. The highest BCUT2D eigenvalue weighted by Crippen LogP contribution is 2.44. The molecule has 1 amide bonds. The van der Waals surface area contributed by atoms with E-state index in [1.165, 1.54) is 0 Å². The topological polar surface area (TPSA) is 64.4 Å². The van der Waals surface area contributed by atoms with Crippen LogP contribution < -0.4 is 5.56 Å². The second kappa shape index (κ2) is 8.02. The molecular weight excluding hydrogens is 402 g/mol. The second-order valence-corrected chi connectivity index (χ2v) is 9.29. The molecule has 3 aromatic rings. The molecule has 0 bridgehead atoms. The molecule has 0 spiro atoms. The van der Waals surface area contributed by atoms with E-state index in [-0.39, 0.29) is 17.5 Å². The van der Waals surface area contributed by atoms with Gasteiger partial charge >= 0.3 is 0 Å². The SMILES string of the molecule is CC1(C)CC(c2nc3c(c(=O)n2Cc2ccccc2)COC3)N(Cc2ccccc2)C1=O. The van der Waals surface area contributed by atoms with Crippen LogP contribution in [-0.4, -0.2) is 20.4 Å². The van der Waals surface area contributed by atoms with Crippen LogP contribution in [0.4, 0.5) is 0 Å². The number of hydrogen-bond acceptors (Lipinski definition) is 4. The average Bonchev–Trinajstić information content (AvgIpc) is 3.35. The van der Waals surface area contributed by atoms with Crippen molar-refractivity contribution in [1.82, 2.24) is 14.5 Å². The van der Waals surface area contributed by atoms with Gasteiger partial charge in [0, 0.05) is 12.0 Å². The third-order valence-corrected chi connectivity index (χ3v) is 6.46. The van der Waals surface area contributed by atoms with Crippen molar-refractivity contribution < 1.29 is 9.53 Å². The molecule has 2 aliphatic heterocycles. The Balaban J connectivity index is 1.62. The first kappa shape index (κ1) is 20.6. The predicted octanol–water partition coefficient (Wildman–Crippen LogP) is 3.82. The van der Waals surface area contributed by atoms with Gasteiger partial charge in [0.05, 0.1) is 37.1 Å². The molecule has 1 fully saturated rings. The molecule has 3 heterocycles. The quantitative estimate of drug-likeness (QED) is 0.619. The lowest BCUT2D eigenvalue weighted by Gasteiger charge is -2.27. The number of carbonyl (C=O) groups is 1. The fraction of sp³-hybridized carbons (Fsp3) is 0.346. The Morgan fingerprint density at radius 2 is 1.56 bits per heavy atom. The largest absolute Gasteiger partial charge is 0.370 e. The maximum atomic E-state index is 13.5. The van der Waals surface area contributed by atoms with Gasteiger partial charge in [0.2, 0.25) is 5.91 Å². The number of aromatic nitrogens is 2. The molecule has 0 aliphatic carbocycles. The van der Waals surface area contributed by atoms with E-state index in [4.69, 9.17) is 9.72 Å². The number of nitrogens with zero attached hydrogens (tertiary/aromatic N) is 3. The van der Waals surface area contributed by atoms with Crippen molar-refractivity contribution in [2.45, 2.75) is 52.6 Å². The molecule has 1 atom stereocenters. The van der Waals surface area contributed by atoms with Gasteiger partial charge in [0.1, 0.15) is 5.82 Å². The van der Waals surface area contributed by atoms with Gasteiger partial charge in [-0.25, -0.2) is 4.98 Å². The Morgan fingerprint density at radius 3 is 2.22 bits per heavy atom. The Kier molecular flexibility index (Phi) is 5.18. The third-order valence-electron chi connectivity index (χ3n) is 6.46. The molecule has 1 unspecified atom stereocenters. The van der Waals surface area contributed by atoms with Crippen molar-refractivity contribution in [2.24, 2.45) is 5.41 Å². The van der Waals surface area contributed by atoms with Gasteiger partial charge in [-0.05, 0) is 17.5 Å². The van der Waals surface area contributed by atoms with E-state index in [0.717, 1.165) is 11.1 Å². The van der Waals surface area contributed by atoms with Crippen LogP contribution in [0.5, 0.6) is 0 Å². The molecule has 32 heavy (non-hydrogen) atoms. The first-order valence-corrected chi connectivity index (χ1v) is 11.0. The van der Waals surface area contributed by atoms with E-state index in [1.807, 2.05) is 79.4 Å². The van der Waals surface area contributed by atoms with Gasteiger partial charge in [0.15, 0.2) is 0 Å². The zero-order chi connectivity index (χ0) is 22.3. The molecule has 164 valence electrons. The number of carbonyl (C=O) groups excluding carboxylic acids is 1. The van der Waals surface area contributed by atoms with Crippen molar-refractivity contribution in [3.8, 4) is 0 Å². The second-order valence-electron chi connectivity index (χ2n) is 9.29. The molecule has 0 N–H and O–H groups in total. The van der Waals surface area contributed by atoms with Crippen molar-refractivity contribution in [3.05, 3.63) is 99.2 Å². The Hall–Kier alpha value is -3.25. The highest BCUT2D eigenvalue weighted by atomic mass is 16.5. The third kappa shape index (κ3) is 3.65. The molecule has 5 rings (SSSR count). The summed E-state index contributed by atoms with van der Waals surface area (Å²) < 4.78 is 7.30. The Morgan fingerprint density at radius 1 is 0.938 bits per heavy atom. The maximum Gasteiger partial charge on any atom is 0.259 e. The van der Waals surface area contributed by atoms with E-state index >= 15 is 0 Å². The zero-order valence-electron chi connectivity index (χ0n) is 18.5. The van der Waals surface area contributed by atoms with Crippen LogP contribution in [0.25, 0.3) is 0 Å². The number of likely N-dealkylation sites (tertiary alicyclic amines) is 1. The Bertz CT molecular complexity index is 1200. The van der Waals surface area contributed by atoms with E-state index in [2.05, 4.69) is 0 Å². The fourth-order valence-corrected chi connectivity index (χ4v) is 4.75. The lowest BCUT2D eigenvalue weighted by Crippen LogP contribution is -2.36. The van der Waals surface area contributed by atoms with E-state index in [9.17, 15) is 9.59 Å². The first-order valence-electron chi connectivity index (χ1n) is 11.0. The van der Waals surface area contributed by atoms with Gasteiger partial charge < -0.3 is 9.64 Å². The molecule has 6 heteroatoms. The average molecular weight is 430 g/mol. The zero-order valence-corrected chi connectivity index (χ0v) is 18.5. The van der Waals surface area contributed by atoms with Crippen LogP contribution in [0.3, 0.4) is 0 Å². The number of benzene rings is 2. The molecule has 2 aliphatic rings. The van der Waals surface area contributed by atoms with Crippen molar-refractivity contribution in [1.29, 1.82) is 0 Å². The minimum absolute atomic E-state index is 0.0665. The molecule has 1 saturated heterocycles. The van der Waals surface area contributed by atoms with Gasteiger partial charge in [-0.3, -0.25) is 14.2 Å². The minimum atomic E-state index is -0.524. The van der Waals surface area contributed by atoms with Crippen LogP contribution in [0.2, 0.25) is 0 Å². The summed E-state index contributed by atoms with van der Waals surface area (Å²) in [6.45, 7) is 5.49. The predicted molar refractivity (Wildman–Crippen MR) is 121 cm³/mol. The highest BCUT2D eigenvalue weighted by molar-refractivity contribution is 5.84. The highest BCUT2D eigenvalue weighted by Gasteiger charge is 2.47. The van der Waals surface area contributed by atoms with Crippen LogP contribution in [0.15, 0.2) is 65.5 Å². The summed E-state index contributed by atoms with van der Waals surface area (Å²) in [4.78, 5) is 33.7. The maximum absolute atomic E-state index is 13.5. The van der Waals surface area contributed by atoms with E-state index < -0.39 is 5.41 Å². The number of hydrogen-bond donors (Lipinski definition) is 0. The summed E-state index contributed by atoms with van der Waals surface area (Å²) in [6.07, 6.45) is 0.611. The van der Waals surface area contributed by atoms with Crippen LogP contribution in [-0.2, 0) is 35.8 Å². The first-order chi connectivity index (χ1) is 15.4. The van der Waals surface area contributed by atoms with Crippen molar-refractivity contribution in [3.63, 3.8) is 0 Å². The van der Waals surface area contributed by atoms with Crippen molar-refractivity contribution >= 4 is 5.91 Å². The molecule has 0 saturated carbocycles.